The summed E-state index contributed by atoms with van der Waals surface area (Å²) in [5.74, 6) is 0. The fourth-order valence-corrected chi connectivity index (χ4v) is 4.27. The van der Waals surface area contributed by atoms with E-state index in [0.29, 0.717) is 6.42 Å². The Morgan fingerprint density at radius 2 is 1.23 bits per heavy atom. The fourth-order valence-electron chi connectivity index (χ4n) is 4.27. The van der Waals surface area contributed by atoms with Crippen LogP contribution >= 0.6 is 0 Å². The van der Waals surface area contributed by atoms with E-state index in [4.69, 9.17) is 0 Å². The van der Waals surface area contributed by atoms with Crippen LogP contribution in [0.25, 0.3) is 0 Å². The van der Waals surface area contributed by atoms with Crippen LogP contribution in [-0.4, -0.2) is 37.9 Å². The minimum absolute atomic E-state index is 0.102. The lowest BCUT2D eigenvalue weighted by Crippen LogP contribution is -2.27. The van der Waals surface area contributed by atoms with Crippen LogP contribution in [0.1, 0.15) is 141 Å². The second-order valence-electron chi connectivity index (χ2n) is 9.35. The molecule has 5 heteroatoms. The van der Waals surface area contributed by atoms with Crippen LogP contribution in [0.15, 0.2) is 6.20 Å². The van der Waals surface area contributed by atoms with Gasteiger partial charge in [0.15, 0.2) is 0 Å². The first-order chi connectivity index (χ1) is 15.2. The summed E-state index contributed by atoms with van der Waals surface area (Å²) in [6.45, 7) is 4.33. The normalized spacial score (nSPS) is 13.5. The highest BCUT2D eigenvalue weighted by Crippen LogP contribution is 2.17. The SMILES string of the molecule is CCCCCCCCCCCCCCCCc1cn([C@@H](CO)[C@H](O)CCCCC)nn1. The lowest BCUT2D eigenvalue weighted by Gasteiger charge is -2.20. The maximum atomic E-state index is 10.4. The Hall–Kier alpha value is -0.940. The molecule has 0 aromatic carbocycles. The molecule has 0 aliphatic rings. The summed E-state index contributed by atoms with van der Waals surface area (Å²) in [5.41, 5.74) is 0.971. The summed E-state index contributed by atoms with van der Waals surface area (Å²) in [7, 11) is 0. The zero-order valence-electron chi connectivity index (χ0n) is 20.6. The van der Waals surface area contributed by atoms with Gasteiger partial charge in [-0.2, -0.15) is 0 Å². The molecular formula is C26H51N3O2. The maximum Gasteiger partial charge on any atom is 0.103 e. The zero-order chi connectivity index (χ0) is 22.6. The van der Waals surface area contributed by atoms with Gasteiger partial charge in [-0.05, 0) is 19.3 Å². The Labute approximate surface area is 192 Å². The molecule has 0 aliphatic heterocycles. The first-order valence-corrected chi connectivity index (χ1v) is 13.4. The van der Waals surface area contributed by atoms with Crippen LogP contribution in [0, 0.1) is 0 Å². The quantitative estimate of drug-likeness (QED) is 0.196. The van der Waals surface area contributed by atoms with Crippen molar-refractivity contribution in [2.45, 2.75) is 148 Å². The molecule has 0 unspecified atom stereocenters. The standard InChI is InChI=1S/C26H51N3O2/c1-3-5-7-8-9-10-11-12-13-14-15-16-17-19-20-24-22-29(28-27-24)25(23-30)26(31)21-18-6-4-2/h22,25-26,30-31H,3-21,23H2,1-2H3/t25-,26+/m0/s1. The van der Waals surface area contributed by atoms with Gasteiger partial charge in [0.1, 0.15) is 6.04 Å². The molecule has 0 amide bonds. The predicted molar refractivity (Wildman–Crippen MR) is 130 cm³/mol. The van der Waals surface area contributed by atoms with E-state index in [2.05, 4.69) is 24.2 Å². The van der Waals surface area contributed by atoms with E-state index in [9.17, 15) is 10.2 Å². The van der Waals surface area contributed by atoms with Crippen molar-refractivity contribution in [3.05, 3.63) is 11.9 Å². The van der Waals surface area contributed by atoms with E-state index in [-0.39, 0.29) is 12.6 Å². The highest BCUT2D eigenvalue weighted by molar-refractivity contribution is 4.94. The van der Waals surface area contributed by atoms with Crippen molar-refractivity contribution in [3.8, 4) is 0 Å². The summed E-state index contributed by atoms with van der Waals surface area (Å²) in [6, 6.07) is -0.380. The number of hydrogen-bond donors (Lipinski definition) is 2. The summed E-state index contributed by atoms with van der Waals surface area (Å²) < 4.78 is 1.66. The topological polar surface area (TPSA) is 71.2 Å². The van der Waals surface area contributed by atoms with Crippen LogP contribution in [0.2, 0.25) is 0 Å². The lowest BCUT2D eigenvalue weighted by molar-refractivity contribution is 0.0579. The molecule has 5 nitrogen and oxygen atoms in total. The van der Waals surface area contributed by atoms with Crippen molar-refractivity contribution in [1.29, 1.82) is 0 Å². The number of aliphatic hydroxyl groups is 2. The molecule has 0 fully saturated rings. The van der Waals surface area contributed by atoms with E-state index >= 15 is 0 Å². The van der Waals surface area contributed by atoms with Gasteiger partial charge in [0.05, 0.1) is 18.4 Å². The monoisotopic (exact) mass is 437 g/mol. The summed E-state index contributed by atoms with van der Waals surface area (Å²) in [5, 5.41) is 28.5. The second-order valence-corrected chi connectivity index (χ2v) is 9.35. The predicted octanol–water partition coefficient (Wildman–Crippen LogP) is 6.78. The molecule has 0 saturated carbocycles. The van der Waals surface area contributed by atoms with Crippen LogP contribution < -0.4 is 0 Å². The van der Waals surface area contributed by atoms with Gasteiger partial charge in [0.2, 0.25) is 0 Å². The minimum atomic E-state index is -0.563. The summed E-state index contributed by atoms with van der Waals surface area (Å²) in [6.07, 6.45) is 25.3. The number of aromatic nitrogens is 3. The zero-order valence-corrected chi connectivity index (χ0v) is 20.6. The van der Waals surface area contributed by atoms with Crippen LogP contribution in [-0.2, 0) is 6.42 Å². The molecule has 2 atom stereocenters. The minimum Gasteiger partial charge on any atom is -0.394 e. The van der Waals surface area contributed by atoms with Crippen molar-refractivity contribution < 1.29 is 10.2 Å². The summed E-state index contributed by atoms with van der Waals surface area (Å²) in [4.78, 5) is 0. The Kier molecular flexibility index (Phi) is 17.9. The number of aryl methyl sites for hydroxylation is 1. The van der Waals surface area contributed by atoms with Gasteiger partial charge in [-0.15, -0.1) is 5.10 Å². The Bertz CT molecular complexity index is 507. The van der Waals surface area contributed by atoms with Gasteiger partial charge in [0, 0.05) is 6.20 Å². The van der Waals surface area contributed by atoms with E-state index < -0.39 is 6.10 Å². The van der Waals surface area contributed by atoms with Crippen molar-refractivity contribution in [1.82, 2.24) is 15.0 Å². The van der Waals surface area contributed by atoms with Crippen molar-refractivity contribution >= 4 is 0 Å². The van der Waals surface area contributed by atoms with Gasteiger partial charge >= 0.3 is 0 Å². The van der Waals surface area contributed by atoms with E-state index in [1.165, 1.54) is 83.5 Å². The molecule has 182 valence electrons. The summed E-state index contributed by atoms with van der Waals surface area (Å²) >= 11 is 0. The van der Waals surface area contributed by atoms with Gasteiger partial charge < -0.3 is 10.2 Å². The smallest absolute Gasteiger partial charge is 0.103 e. The molecule has 31 heavy (non-hydrogen) atoms. The molecule has 1 aromatic heterocycles. The van der Waals surface area contributed by atoms with Gasteiger partial charge in [-0.25, -0.2) is 4.68 Å². The largest absolute Gasteiger partial charge is 0.394 e. The molecule has 0 bridgehead atoms. The molecule has 2 N–H and O–H groups in total. The van der Waals surface area contributed by atoms with Gasteiger partial charge in [-0.3, -0.25) is 0 Å². The van der Waals surface area contributed by atoms with Crippen molar-refractivity contribution in [2.24, 2.45) is 0 Å². The average molecular weight is 438 g/mol. The van der Waals surface area contributed by atoms with E-state index in [1.807, 2.05) is 6.20 Å². The van der Waals surface area contributed by atoms with Crippen molar-refractivity contribution in [3.63, 3.8) is 0 Å². The first kappa shape index (κ1) is 28.1. The highest BCUT2D eigenvalue weighted by atomic mass is 16.3. The lowest BCUT2D eigenvalue weighted by atomic mass is 10.0. The molecule has 1 heterocycles. The fraction of sp³-hybridized carbons (Fsp3) is 0.923. The van der Waals surface area contributed by atoms with Crippen LogP contribution in [0.3, 0.4) is 0 Å². The third kappa shape index (κ3) is 13.9. The van der Waals surface area contributed by atoms with Crippen molar-refractivity contribution in [2.75, 3.05) is 6.61 Å². The third-order valence-electron chi connectivity index (χ3n) is 6.42. The number of aliphatic hydroxyl groups excluding tert-OH is 2. The number of nitrogens with zero attached hydrogens (tertiary/aromatic N) is 3. The Balaban J connectivity index is 2.04. The molecule has 0 saturated heterocycles. The van der Waals surface area contributed by atoms with Crippen LogP contribution in [0.5, 0.6) is 0 Å². The average Bonchev–Trinajstić information content (AvgIpc) is 3.23. The molecule has 1 aromatic rings. The molecule has 1 rings (SSSR count). The second kappa shape index (κ2) is 19.7. The van der Waals surface area contributed by atoms with Gasteiger partial charge in [-0.1, -0.05) is 122 Å². The highest BCUT2D eigenvalue weighted by Gasteiger charge is 2.21. The van der Waals surface area contributed by atoms with E-state index in [0.717, 1.165) is 37.8 Å². The first-order valence-electron chi connectivity index (χ1n) is 13.4. The molecule has 0 radical (unpaired) electrons. The number of rotatable bonds is 22. The van der Waals surface area contributed by atoms with Crippen LogP contribution in [0.4, 0.5) is 0 Å². The molecular weight excluding hydrogens is 386 g/mol. The Morgan fingerprint density at radius 1 is 0.742 bits per heavy atom. The Morgan fingerprint density at radius 3 is 1.74 bits per heavy atom. The molecule has 0 aliphatic carbocycles. The maximum absolute atomic E-state index is 10.4. The number of hydrogen-bond acceptors (Lipinski definition) is 4. The number of unbranched alkanes of at least 4 members (excludes halogenated alkanes) is 15. The van der Waals surface area contributed by atoms with Gasteiger partial charge in [0.25, 0.3) is 0 Å². The third-order valence-corrected chi connectivity index (χ3v) is 6.42. The molecule has 0 spiro atoms. The van der Waals surface area contributed by atoms with E-state index in [1.54, 1.807) is 4.68 Å².